The Morgan fingerprint density at radius 1 is 0.929 bits per heavy atom. The van der Waals surface area contributed by atoms with E-state index in [4.69, 9.17) is 4.74 Å². The number of hydrogen-bond donors (Lipinski definition) is 2. The van der Waals surface area contributed by atoms with E-state index in [0.717, 1.165) is 75.6 Å². The summed E-state index contributed by atoms with van der Waals surface area (Å²) in [6, 6.07) is 0. The zero-order valence-electron chi connectivity index (χ0n) is 36.4. The lowest BCUT2D eigenvalue weighted by Gasteiger charge is -2.72. The molecule has 0 saturated heterocycles. The molecule has 1 aromatic rings. The molecule has 1 aromatic heterocycles. The number of fused-ring (bicyclic) bond motifs is 7. The second-order valence-electron chi connectivity index (χ2n) is 21.4. The average molecular weight is 777 g/mol. The minimum atomic E-state index is -1.17. The van der Waals surface area contributed by atoms with E-state index in [2.05, 4.69) is 82.3 Å². The van der Waals surface area contributed by atoms with E-state index < -0.39 is 28.9 Å². The molecular weight excluding hydrogens is 705 g/mol. The third-order valence-electron chi connectivity index (χ3n) is 16.8. The van der Waals surface area contributed by atoms with Crippen molar-refractivity contribution in [3.8, 4) is 0 Å². The first kappa shape index (κ1) is 42.9. The molecule has 0 amide bonds. The van der Waals surface area contributed by atoms with Crippen molar-refractivity contribution in [2.75, 3.05) is 33.7 Å². The normalized spacial score (nSPS) is 35.9. The summed E-state index contributed by atoms with van der Waals surface area (Å²) in [5.41, 5.74) is 1.37. The van der Waals surface area contributed by atoms with Gasteiger partial charge >= 0.3 is 11.9 Å². The monoisotopic (exact) mass is 777 g/mol. The molecule has 0 unspecified atom stereocenters. The summed E-state index contributed by atoms with van der Waals surface area (Å²) in [5.74, 6) is -0.0122. The van der Waals surface area contributed by atoms with Crippen molar-refractivity contribution < 1.29 is 29.3 Å². The van der Waals surface area contributed by atoms with Gasteiger partial charge in [-0.1, -0.05) is 54.0 Å². The number of carboxylic acid groups (broad SMARTS) is 1. The Balaban J connectivity index is 1.29. The van der Waals surface area contributed by atoms with Gasteiger partial charge in [-0.2, -0.15) is 0 Å². The van der Waals surface area contributed by atoms with Gasteiger partial charge in [-0.25, -0.2) is 9.97 Å². The van der Waals surface area contributed by atoms with Crippen LogP contribution < -0.4 is 0 Å². The molecule has 0 aliphatic heterocycles. The first-order valence-corrected chi connectivity index (χ1v) is 21.5. The Morgan fingerprint density at radius 2 is 1.61 bits per heavy atom. The number of carbonyl (C=O) groups is 3. The molecule has 0 aromatic carbocycles. The zero-order valence-corrected chi connectivity index (χ0v) is 36.4. The lowest BCUT2D eigenvalue weighted by Crippen LogP contribution is -2.66. The molecule has 6 rings (SSSR count). The molecule has 4 fully saturated rings. The van der Waals surface area contributed by atoms with Gasteiger partial charge in [0, 0.05) is 61.4 Å². The zero-order chi connectivity index (χ0) is 41.2. The van der Waals surface area contributed by atoms with Crippen LogP contribution in [0.5, 0.6) is 0 Å². The van der Waals surface area contributed by atoms with E-state index in [1.54, 1.807) is 20.2 Å². The Labute approximate surface area is 336 Å². The lowest BCUT2D eigenvalue weighted by atomic mass is 9.33. The Bertz CT molecular complexity index is 1690. The number of ketones is 1. The number of rotatable bonds is 13. The van der Waals surface area contributed by atoms with Crippen molar-refractivity contribution in [1.82, 2.24) is 19.8 Å². The van der Waals surface area contributed by atoms with Crippen LogP contribution in [0.3, 0.4) is 0 Å². The van der Waals surface area contributed by atoms with Crippen molar-refractivity contribution in [1.29, 1.82) is 0 Å². The van der Waals surface area contributed by atoms with E-state index in [-0.39, 0.29) is 51.8 Å². The van der Waals surface area contributed by atoms with Crippen molar-refractivity contribution >= 4 is 17.7 Å². The molecule has 0 spiro atoms. The minimum Gasteiger partial charge on any atom is -0.481 e. The number of aliphatic hydroxyl groups excluding tert-OH is 1. The number of Topliss-reactive ketones (excluding diaryl/α,β-unsaturated/α-hetero) is 1. The number of carbonyl (C=O) groups excluding carboxylic acids is 2. The van der Waals surface area contributed by atoms with E-state index in [1.807, 2.05) is 12.4 Å². The molecule has 10 nitrogen and oxygen atoms in total. The summed E-state index contributed by atoms with van der Waals surface area (Å²) in [7, 11) is 4.15. The summed E-state index contributed by atoms with van der Waals surface area (Å²) in [6.45, 7) is 22.5. The fraction of sp³-hybridized carbons (Fsp3) is 0.804. The first-order valence-electron chi connectivity index (χ1n) is 21.5. The van der Waals surface area contributed by atoms with Gasteiger partial charge in [0.05, 0.1) is 17.9 Å². The van der Waals surface area contributed by atoms with Crippen LogP contribution in [0.4, 0.5) is 0 Å². The number of aliphatic carboxylic acids is 1. The second kappa shape index (κ2) is 15.2. The molecule has 1 heterocycles. The number of nitrogens with zero attached hydrogens (tertiary/aromatic N) is 4. The number of aliphatic hydroxyl groups is 1. The maximum absolute atomic E-state index is 14.3. The number of aromatic nitrogens is 2. The Kier molecular flexibility index (Phi) is 11.6. The molecule has 10 heteroatoms. The number of esters is 1. The third kappa shape index (κ3) is 7.09. The average Bonchev–Trinajstić information content (AvgIpc) is 3.42. The highest BCUT2D eigenvalue weighted by Crippen LogP contribution is 2.77. The largest absolute Gasteiger partial charge is 0.481 e. The van der Waals surface area contributed by atoms with Crippen LogP contribution in [0.25, 0.3) is 0 Å². The van der Waals surface area contributed by atoms with Gasteiger partial charge < -0.3 is 19.8 Å². The molecule has 2 N–H and O–H groups in total. The Morgan fingerprint density at radius 3 is 2.23 bits per heavy atom. The van der Waals surface area contributed by atoms with E-state index in [1.165, 1.54) is 5.57 Å². The number of allylic oxidation sites excluding steroid dienone is 1. The number of likely N-dealkylation sites (N-methyl/N-ethyl adjacent to an activating group) is 1. The summed E-state index contributed by atoms with van der Waals surface area (Å²) in [6.07, 6.45) is 12.3. The van der Waals surface area contributed by atoms with Crippen molar-refractivity contribution in [3.63, 3.8) is 0 Å². The van der Waals surface area contributed by atoms with Crippen LogP contribution in [0, 0.1) is 56.2 Å². The van der Waals surface area contributed by atoms with Crippen LogP contribution in [0.15, 0.2) is 29.9 Å². The van der Waals surface area contributed by atoms with Gasteiger partial charge in [-0.3, -0.25) is 19.3 Å². The molecule has 0 bridgehead atoms. The van der Waals surface area contributed by atoms with Gasteiger partial charge in [0.15, 0.2) is 5.78 Å². The number of carboxylic acids is 1. The van der Waals surface area contributed by atoms with Gasteiger partial charge in [0.25, 0.3) is 0 Å². The maximum Gasteiger partial charge on any atom is 0.309 e. The smallest absolute Gasteiger partial charge is 0.309 e. The summed E-state index contributed by atoms with van der Waals surface area (Å²) in [5, 5.41) is 22.3. The molecular formula is C46H72N4O6. The summed E-state index contributed by atoms with van der Waals surface area (Å²) < 4.78 is 6.19. The quantitative estimate of drug-likeness (QED) is 0.193. The first-order chi connectivity index (χ1) is 26.0. The Hall–Kier alpha value is -2.69. The van der Waals surface area contributed by atoms with E-state index in [9.17, 15) is 24.6 Å². The number of hydrogen-bond acceptors (Lipinski definition) is 9. The molecule has 5 aliphatic carbocycles. The van der Waals surface area contributed by atoms with Gasteiger partial charge in [-0.05, 0) is 125 Å². The lowest BCUT2D eigenvalue weighted by molar-refractivity contribution is -0.235. The fourth-order valence-electron chi connectivity index (χ4n) is 13.6. The highest BCUT2D eigenvalue weighted by molar-refractivity contribution is 6.00. The van der Waals surface area contributed by atoms with Crippen LogP contribution >= 0.6 is 0 Å². The fourth-order valence-corrected chi connectivity index (χ4v) is 13.6. The van der Waals surface area contributed by atoms with Crippen LogP contribution in [-0.2, 0) is 25.7 Å². The standard InChI is InChI=1S/C46H72N4O6/c1-29(2)38-32(51)22-46(35(52)27-50(21-20-49(10)11)26-30-24-47-28-48-25-30)19-18-44(8)31(39(38)46)12-13-34-43(7)16-15-36(56-37(53)23-41(3,4)40(54)55)42(5,6)33(43)14-17-45(34,44)9/h24-25,28-29,31,33-36,52H,12-23,26-27H2,1-11H3,(H,54,55)/t31-,33+,34-,35+,36+,43+,44-,45-,46+/m1/s1. The van der Waals surface area contributed by atoms with Crippen LogP contribution in [0.2, 0.25) is 0 Å². The molecule has 4 saturated carbocycles. The molecule has 9 atom stereocenters. The third-order valence-corrected chi connectivity index (χ3v) is 16.8. The molecule has 0 radical (unpaired) electrons. The van der Waals surface area contributed by atoms with Crippen molar-refractivity contribution in [3.05, 3.63) is 35.4 Å². The molecule has 5 aliphatic rings. The van der Waals surface area contributed by atoms with Gasteiger partial charge in [-0.15, -0.1) is 0 Å². The topological polar surface area (TPSA) is 133 Å². The van der Waals surface area contributed by atoms with Crippen LogP contribution in [-0.4, -0.2) is 93.6 Å². The number of ether oxygens (including phenoxy) is 1. The SMILES string of the molecule is CC(C)C1=C2[C@H]3CC[C@@H]4[C@@]5(C)CC[C@H](OC(=O)CC(C)(C)C(=O)O)C(C)(C)[C@@H]5CC[C@@]4(C)[C@]3(C)CC[C@@]2([C@@H](O)CN(CCN(C)C)Cc2cncnc2)CC1=O. The van der Waals surface area contributed by atoms with E-state index >= 15 is 0 Å². The second-order valence-corrected chi connectivity index (χ2v) is 21.4. The van der Waals surface area contributed by atoms with Crippen molar-refractivity contribution in [2.24, 2.45) is 56.2 Å². The van der Waals surface area contributed by atoms with Crippen molar-refractivity contribution in [2.45, 2.75) is 145 Å². The molecule has 312 valence electrons. The summed E-state index contributed by atoms with van der Waals surface area (Å²) >= 11 is 0. The van der Waals surface area contributed by atoms with Gasteiger partial charge in [0.2, 0.25) is 0 Å². The minimum absolute atomic E-state index is 0.0327. The highest BCUT2D eigenvalue weighted by atomic mass is 16.5. The van der Waals surface area contributed by atoms with Gasteiger partial charge in [0.1, 0.15) is 12.4 Å². The summed E-state index contributed by atoms with van der Waals surface area (Å²) in [4.78, 5) is 52.2. The predicted octanol–water partition coefficient (Wildman–Crippen LogP) is 7.59. The van der Waals surface area contributed by atoms with E-state index in [0.29, 0.717) is 31.3 Å². The highest BCUT2D eigenvalue weighted by Gasteiger charge is 2.71. The predicted molar refractivity (Wildman–Crippen MR) is 217 cm³/mol. The van der Waals surface area contributed by atoms with Crippen LogP contribution in [0.1, 0.15) is 132 Å². The maximum atomic E-state index is 14.3. The molecule has 56 heavy (non-hydrogen) atoms.